The first kappa shape index (κ1) is 13.0. The Balaban J connectivity index is 2.00. The highest BCUT2D eigenvalue weighted by Gasteiger charge is 2.08. The Bertz CT molecular complexity index is 522. The van der Waals surface area contributed by atoms with E-state index < -0.39 is 0 Å². The molecule has 96 valence electrons. The molecule has 1 unspecified atom stereocenters. The molecule has 2 aromatic rings. The predicted molar refractivity (Wildman–Crippen MR) is 75.1 cm³/mol. The van der Waals surface area contributed by atoms with E-state index in [1.54, 1.807) is 11.3 Å². The third-order valence-corrected chi connectivity index (χ3v) is 3.50. The van der Waals surface area contributed by atoms with Crippen LogP contribution in [0.3, 0.4) is 0 Å². The minimum Gasteiger partial charge on any atom is -0.368 e. The van der Waals surface area contributed by atoms with Crippen LogP contribution in [0.15, 0.2) is 12.1 Å². The van der Waals surface area contributed by atoms with Crippen molar-refractivity contribution in [3.8, 4) is 0 Å². The zero-order valence-corrected chi connectivity index (χ0v) is 11.7. The normalized spacial score (nSPS) is 12.4. The van der Waals surface area contributed by atoms with Crippen molar-refractivity contribution in [2.75, 3.05) is 11.1 Å². The summed E-state index contributed by atoms with van der Waals surface area (Å²) in [4.78, 5) is 14.3. The van der Waals surface area contributed by atoms with Crippen LogP contribution < -0.4 is 11.1 Å². The maximum absolute atomic E-state index is 5.72. The fraction of sp³-hybridized carbons (Fsp3) is 0.364. The van der Waals surface area contributed by atoms with E-state index in [-0.39, 0.29) is 17.3 Å². The molecule has 2 heterocycles. The lowest BCUT2D eigenvalue weighted by Gasteiger charge is -2.12. The van der Waals surface area contributed by atoms with Crippen LogP contribution in [0.2, 0.25) is 5.28 Å². The lowest BCUT2D eigenvalue weighted by molar-refractivity contribution is 0.784. The second-order valence-electron chi connectivity index (χ2n) is 4.05. The summed E-state index contributed by atoms with van der Waals surface area (Å²) >= 11 is 7.51. The average Bonchev–Trinajstić information content (AvgIpc) is 2.61. The van der Waals surface area contributed by atoms with Gasteiger partial charge in [0.25, 0.3) is 0 Å². The zero-order valence-electron chi connectivity index (χ0n) is 10.1. The number of nitrogens with one attached hydrogen (secondary N) is 1. The van der Waals surface area contributed by atoms with Gasteiger partial charge in [-0.1, -0.05) is 0 Å². The lowest BCUT2D eigenvalue weighted by Crippen LogP contribution is -2.20. The SMILES string of the molecule is Cc1ccc(CC(C)Nc2nc(N)nc(Cl)n2)s1. The van der Waals surface area contributed by atoms with E-state index in [4.69, 9.17) is 17.3 Å². The van der Waals surface area contributed by atoms with E-state index >= 15 is 0 Å². The van der Waals surface area contributed by atoms with Crippen molar-refractivity contribution < 1.29 is 0 Å². The van der Waals surface area contributed by atoms with Crippen LogP contribution in [-0.2, 0) is 6.42 Å². The molecule has 0 radical (unpaired) electrons. The number of hydrogen-bond donors (Lipinski definition) is 2. The van der Waals surface area contributed by atoms with Gasteiger partial charge in [0, 0.05) is 22.2 Å². The maximum Gasteiger partial charge on any atom is 0.229 e. The van der Waals surface area contributed by atoms with Crippen LogP contribution in [0, 0.1) is 6.92 Å². The number of hydrogen-bond acceptors (Lipinski definition) is 6. The summed E-state index contributed by atoms with van der Waals surface area (Å²) < 4.78 is 0. The molecule has 0 aliphatic carbocycles. The molecule has 0 aliphatic heterocycles. The van der Waals surface area contributed by atoms with Gasteiger partial charge in [-0.3, -0.25) is 0 Å². The largest absolute Gasteiger partial charge is 0.368 e. The molecule has 5 nitrogen and oxygen atoms in total. The molecule has 2 aromatic heterocycles. The van der Waals surface area contributed by atoms with Gasteiger partial charge in [0.1, 0.15) is 0 Å². The van der Waals surface area contributed by atoms with Crippen LogP contribution >= 0.6 is 22.9 Å². The number of anilines is 2. The second kappa shape index (κ2) is 5.49. The summed E-state index contributed by atoms with van der Waals surface area (Å²) in [6, 6.07) is 4.44. The summed E-state index contributed by atoms with van der Waals surface area (Å²) in [5.41, 5.74) is 5.51. The Morgan fingerprint density at radius 2 is 2.17 bits per heavy atom. The van der Waals surface area contributed by atoms with Gasteiger partial charge in [-0.15, -0.1) is 11.3 Å². The highest BCUT2D eigenvalue weighted by molar-refractivity contribution is 7.11. The van der Waals surface area contributed by atoms with Gasteiger partial charge in [0.15, 0.2) is 0 Å². The zero-order chi connectivity index (χ0) is 13.1. The maximum atomic E-state index is 5.72. The molecule has 18 heavy (non-hydrogen) atoms. The minimum atomic E-state index is 0.101. The topological polar surface area (TPSA) is 76.7 Å². The van der Waals surface area contributed by atoms with Crippen molar-refractivity contribution in [2.45, 2.75) is 26.3 Å². The predicted octanol–water partition coefficient (Wildman–Crippen LogP) is 2.52. The summed E-state index contributed by atoms with van der Waals surface area (Å²) in [6.45, 7) is 4.15. The Kier molecular flexibility index (Phi) is 3.98. The Hall–Kier alpha value is -1.40. The van der Waals surface area contributed by atoms with E-state index in [0.29, 0.717) is 5.95 Å². The first-order valence-corrected chi connectivity index (χ1v) is 6.71. The summed E-state index contributed by atoms with van der Waals surface area (Å²) in [5.74, 6) is 0.532. The number of halogens is 1. The number of nitrogens with zero attached hydrogens (tertiary/aromatic N) is 3. The van der Waals surface area contributed by atoms with E-state index in [0.717, 1.165) is 6.42 Å². The van der Waals surface area contributed by atoms with Crippen LogP contribution in [-0.4, -0.2) is 21.0 Å². The highest BCUT2D eigenvalue weighted by Crippen LogP contribution is 2.18. The fourth-order valence-corrected chi connectivity index (χ4v) is 2.78. The quantitative estimate of drug-likeness (QED) is 0.902. The van der Waals surface area contributed by atoms with E-state index in [1.807, 2.05) is 0 Å². The Morgan fingerprint density at radius 3 is 2.78 bits per heavy atom. The van der Waals surface area contributed by atoms with E-state index in [1.165, 1.54) is 9.75 Å². The number of nitrogen functional groups attached to an aromatic ring is 1. The number of rotatable bonds is 4. The van der Waals surface area contributed by atoms with E-state index in [2.05, 4.69) is 46.2 Å². The van der Waals surface area contributed by atoms with Crippen molar-refractivity contribution in [3.05, 3.63) is 27.2 Å². The first-order chi connectivity index (χ1) is 8.52. The Labute approximate surface area is 114 Å². The standard InChI is InChI=1S/C11H14ClN5S/c1-6(5-8-4-3-7(2)18-8)14-11-16-9(12)15-10(13)17-11/h3-4,6H,5H2,1-2H3,(H3,13,14,15,16,17). The number of aromatic nitrogens is 3. The van der Waals surface area contributed by atoms with Crippen LogP contribution in [0.1, 0.15) is 16.7 Å². The van der Waals surface area contributed by atoms with Crippen molar-refractivity contribution >= 4 is 34.8 Å². The van der Waals surface area contributed by atoms with Gasteiger partial charge >= 0.3 is 0 Å². The van der Waals surface area contributed by atoms with Crippen LogP contribution in [0.25, 0.3) is 0 Å². The molecule has 0 aromatic carbocycles. The minimum absolute atomic E-state index is 0.101. The number of aryl methyl sites for hydroxylation is 1. The van der Waals surface area contributed by atoms with Crippen molar-refractivity contribution in [2.24, 2.45) is 0 Å². The van der Waals surface area contributed by atoms with Gasteiger partial charge in [0.2, 0.25) is 17.2 Å². The molecule has 0 saturated carbocycles. The smallest absolute Gasteiger partial charge is 0.229 e. The molecular weight excluding hydrogens is 270 g/mol. The molecule has 1 atom stereocenters. The summed E-state index contributed by atoms with van der Waals surface area (Å²) in [7, 11) is 0. The molecule has 0 fully saturated rings. The van der Waals surface area contributed by atoms with Gasteiger partial charge in [-0.2, -0.15) is 15.0 Å². The van der Waals surface area contributed by atoms with Crippen LogP contribution in [0.4, 0.5) is 11.9 Å². The number of nitrogens with two attached hydrogens (primary N) is 1. The monoisotopic (exact) mass is 283 g/mol. The molecule has 7 heteroatoms. The summed E-state index contributed by atoms with van der Waals surface area (Å²) in [5, 5.41) is 3.26. The van der Waals surface area contributed by atoms with Crippen molar-refractivity contribution in [3.63, 3.8) is 0 Å². The molecule has 0 bridgehead atoms. The first-order valence-electron chi connectivity index (χ1n) is 5.52. The van der Waals surface area contributed by atoms with Gasteiger partial charge in [-0.05, 0) is 37.6 Å². The van der Waals surface area contributed by atoms with E-state index in [9.17, 15) is 0 Å². The third-order valence-electron chi connectivity index (χ3n) is 2.30. The average molecular weight is 284 g/mol. The van der Waals surface area contributed by atoms with Crippen molar-refractivity contribution in [1.29, 1.82) is 0 Å². The van der Waals surface area contributed by atoms with Crippen LogP contribution in [0.5, 0.6) is 0 Å². The van der Waals surface area contributed by atoms with Gasteiger partial charge < -0.3 is 11.1 Å². The molecule has 0 amide bonds. The molecule has 0 spiro atoms. The molecule has 0 aliphatic rings. The Morgan fingerprint density at radius 1 is 1.39 bits per heavy atom. The molecular formula is C11H14ClN5S. The molecule has 2 rings (SSSR count). The molecule has 0 saturated heterocycles. The van der Waals surface area contributed by atoms with Crippen molar-refractivity contribution in [1.82, 2.24) is 15.0 Å². The third kappa shape index (κ3) is 3.54. The molecule has 3 N–H and O–H groups in total. The second-order valence-corrected chi connectivity index (χ2v) is 5.76. The number of thiophene rings is 1. The van der Waals surface area contributed by atoms with Gasteiger partial charge in [-0.25, -0.2) is 0 Å². The fourth-order valence-electron chi connectivity index (χ4n) is 1.60. The lowest BCUT2D eigenvalue weighted by atomic mass is 10.2. The summed E-state index contributed by atoms with van der Waals surface area (Å²) in [6.07, 6.45) is 0.904. The highest BCUT2D eigenvalue weighted by atomic mass is 35.5. The van der Waals surface area contributed by atoms with Gasteiger partial charge in [0.05, 0.1) is 0 Å².